The van der Waals surface area contributed by atoms with Gasteiger partial charge in [0.2, 0.25) is 0 Å². The van der Waals surface area contributed by atoms with Crippen molar-refractivity contribution in [1.29, 1.82) is 0 Å². The maximum absolute atomic E-state index is 6.65. The average Bonchev–Trinajstić information content (AvgIpc) is 2.42. The molecular weight excluding hydrogens is 308 g/mol. The van der Waals surface area contributed by atoms with Gasteiger partial charge in [-0.25, -0.2) is 0 Å². The van der Waals surface area contributed by atoms with Gasteiger partial charge in [0.05, 0.1) is 5.76 Å². The third kappa shape index (κ3) is 4.44. The highest BCUT2D eigenvalue weighted by Gasteiger charge is 2.46. The van der Waals surface area contributed by atoms with E-state index in [-0.39, 0.29) is 5.41 Å². The van der Waals surface area contributed by atoms with Crippen LogP contribution < -0.4 is 0 Å². The predicted octanol–water partition coefficient (Wildman–Crippen LogP) is 7.78. The Labute approximate surface area is 152 Å². The van der Waals surface area contributed by atoms with E-state index < -0.39 is 8.32 Å². The minimum Gasteiger partial charge on any atom is -0.543 e. The molecule has 138 valence electrons. The maximum Gasteiger partial charge on any atom is 0.258 e. The first-order valence-corrected chi connectivity index (χ1v) is 11.9. The van der Waals surface area contributed by atoms with Gasteiger partial charge in [0, 0.05) is 0 Å². The van der Waals surface area contributed by atoms with Gasteiger partial charge in [-0.05, 0) is 59.9 Å². The third-order valence-corrected chi connectivity index (χ3v) is 12.0. The van der Waals surface area contributed by atoms with E-state index in [2.05, 4.69) is 81.0 Å². The summed E-state index contributed by atoms with van der Waals surface area (Å²) in [5, 5.41) is 0. The van der Waals surface area contributed by atoms with E-state index in [9.17, 15) is 0 Å². The molecule has 0 heterocycles. The molecule has 0 N–H and O–H groups in total. The molecule has 0 bridgehead atoms. The van der Waals surface area contributed by atoms with Crippen LogP contribution in [-0.2, 0) is 4.43 Å². The Morgan fingerprint density at radius 1 is 1.08 bits per heavy atom. The summed E-state index contributed by atoms with van der Waals surface area (Å²) >= 11 is 0. The lowest BCUT2D eigenvalue weighted by atomic mass is 9.72. The topological polar surface area (TPSA) is 9.23 Å². The van der Waals surface area contributed by atoms with Crippen molar-refractivity contribution in [3.63, 3.8) is 0 Å². The Kier molecular flexibility index (Phi) is 7.16. The standard InChI is InChI=1S/C22H40OSi/c1-16(2)24(17(3)4,18(5)6)23-20(8)13-14-21-19(7)12-11-15-22(21,9)10/h13-14,16-18H,8,11-12,15H2,1-7,9-10H3/b14-13+. The van der Waals surface area contributed by atoms with E-state index in [1.54, 1.807) is 0 Å². The molecule has 1 rings (SSSR count). The Balaban J connectivity index is 3.02. The Hall–Kier alpha value is -0.763. The van der Waals surface area contributed by atoms with E-state index in [1.165, 1.54) is 30.4 Å². The highest BCUT2D eigenvalue weighted by Crippen LogP contribution is 2.44. The minimum atomic E-state index is -1.90. The Bertz CT molecular complexity index is 484. The van der Waals surface area contributed by atoms with Crippen molar-refractivity contribution in [2.75, 3.05) is 0 Å². The lowest BCUT2D eigenvalue weighted by Crippen LogP contribution is -2.47. The Morgan fingerprint density at radius 3 is 2.00 bits per heavy atom. The van der Waals surface area contributed by atoms with Crippen molar-refractivity contribution in [2.45, 2.75) is 98.2 Å². The largest absolute Gasteiger partial charge is 0.543 e. The molecule has 24 heavy (non-hydrogen) atoms. The summed E-state index contributed by atoms with van der Waals surface area (Å²) in [7, 11) is -1.90. The first-order chi connectivity index (χ1) is 10.9. The zero-order valence-electron chi connectivity index (χ0n) is 17.6. The molecule has 0 atom stereocenters. The van der Waals surface area contributed by atoms with E-state index in [0.29, 0.717) is 16.6 Å². The van der Waals surface area contributed by atoms with Gasteiger partial charge in [0.1, 0.15) is 0 Å². The van der Waals surface area contributed by atoms with Crippen LogP contribution in [0, 0.1) is 5.41 Å². The highest BCUT2D eigenvalue weighted by molar-refractivity contribution is 6.77. The summed E-state index contributed by atoms with van der Waals surface area (Å²) in [5.74, 6) is 0.847. The first-order valence-electron chi connectivity index (χ1n) is 9.71. The quantitative estimate of drug-likeness (QED) is 0.259. The molecule has 0 spiro atoms. The molecule has 0 aliphatic heterocycles. The van der Waals surface area contributed by atoms with Gasteiger partial charge in [-0.3, -0.25) is 0 Å². The predicted molar refractivity (Wildman–Crippen MR) is 111 cm³/mol. The molecular formula is C22H40OSi. The summed E-state index contributed by atoms with van der Waals surface area (Å²) in [6.07, 6.45) is 8.19. The SMILES string of the molecule is C=C(/C=C/C1=C(C)CCCC1(C)C)O[Si](C(C)C)(C(C)C)C(C)C. The van der Waals surface area contributed by atoms with Crippen molar-refractivity contribution in [3.05, 3.63) is 35.6 Å². The molecule has 1 nitrogen and oxygen atoms in total. The fraction of sp³-hybridized carbons (Fsp3) is 0.727. The van der Waals surface area contributed by atoms with Crippen molar-refractivity contribution in [3.8, 4) is 0 Å². The van der Waals surface area contributed by atoms with Gasteiger partial charge in [0.15, 0.2) is 0 Å². The number of rotatable bonds is 7. The molecule has 0 amide bonds. The van der Waals surface area contributed by atoms with Gasteiger partial charge >= 0.3 is 0 Å². The molecule has 1 aliphatic rings. The fourth-order valence-electron chi connectivity index (χ4n) is 4.80. The van der Waals surface area contributed by atoms with Crippen molar-refractivity contribution < 1.29 is 4.43 Å². The number of hydrogen-bond donors (Lipinski definition) is 0. The second-order valence-corrected chi connectivity index (χ2v) is 14.5. The van der Waals surface area contributed by atoms with Crippen LogP contribution in [0.4, 0.5) is 0 Å². The van der Waals surface area contributed by atoms with Crippen LogP contribution in [-0.4, -0.2) is 8.32 Å². The number of allylic oxidation sites excluding steroid dienone is 4. The summed E-state index contributed by atoms with van der Waals surface area (Å²) in [6.45, 7) is 25.2. The maximum atomic E-state index is 6.65. The molecule has 1 aliphatic carbocycles. The molecule has 0 aromatic carbocycles. The molecule has 0 fully saturated rings. The van der Waals surface area contributed by atoms with Crippen LogP contribution in [0.15, 0.2) is 35.6 Å². The van der Waals surface area contributed by atoms with Gasteiger partial charge < -0.3 is 4.43 Å². The third-order valence-electron chi connectivity index (χ3n) is 5.99. The zero-order valence-corrected chi connectivity index (χ0v) is 18.6. The van der Waals surface area contributed by atoms with Gasteiger partial charge in [0.25, 0.3) is 8.32 Å². The zero-order chi connectivity index (χ0) is 18.7. The normalized spacial score (nSPS) is 19.0. The molecule has 0 unspecified atom stereocenters. The second-order valence-electron chi connectivity index (χ2n) is 9.15. The van der Waals surface area contributed by atoms with Crippen molar-refractivity contribution >= 4 is 8.32 Å². The second kappa shape index (κ2) is 8.08. The van der Waals surface area contributed by atoms with Crippen LogP contribution in [0.25, 0.3) is 0 Å². The van der Waals surface area contributed by atoms with Gasteiger partial charge in [-0.1, -0.05) is 73.6 Å². The molecule has 0 aromatic rings. The van der Waals surface area contributed by atoms with E-state index >= 15 is 0 Å². The molecule has 0 saturated heterocycles. The lowest BCUT2D eigenvalue weighted by molar-refractivity contribution is 0.374. The fourth-order valence-corrected chi connectivity index (χ4v) is 10.0. The van der Waals surface area contributed by atoms with Gasteiger partial charge in [-0.2, -0.15) is 0 Å². The molecule has 2 heteroatoms. The van der Waals surface area contributed by atoms with Crippen molar-refractivity contribution in [1.82, 2.24) is 0 Å². The molecule has 0 saturated carbocycles. The van der Waals surface area contributed by atoms with Crippen LogP contribution >= 0.6 is 0 Å². The lowest BCUT2D eigenvalue weighted by Gasteiger charge is -2.42. The van der Waals surface area contributed by atoms with Gasteiger partial charge in [-0.15, -0.1) is 0 Å². The minimum absolute atomic E-state index is 0.266. The summed E-state index contributed by atoms with van der Waals surface area (Å²) < 4.78 is 6.65. The van der Waals surface area contributed by atoms with E-state index in [4.69, 9.17) is 4.43 Å². The molecule has 0 aromatic heterocycles. The van der Waals surface area contributed by atoms with Crippen molar-refractivity contribution in [2.24, 2.45) is 5.41 Å². The number of hydrogen-bond acceptors (Lipinski definition) is 1. The van der Waals surface area contributed by atoms with E-state index in [0.717, 1.165) is 5.76 Å². The smallest absolute Gasteiger partial charge is 0.258 e. The van der Waals surface area contributed by atoms with Crippen LogP contribution in [0.1, 0.15) is 81.6 Å². The highest BCUT2D eigenvalue weighted by atomic mass is 28.4. The summed E-state index contributed by atoms with van der Waals surface area (Å²) in [4.78, 5) is 0. The summed E-state index contributed by atoms with van der Waals surface area (Å²) in [6, 6.07) is 0. The van der Waals surface area contributed by atoms with Crippen LogP contribution in [0.2, 0.25) is 16.6 Å². The monoisotopic (exact) mass is 348 g/mol. The average molecular weight is 349 g/mol. The summed E-state index contributed by atoms with van der Waals surface area (Å²) in [5.41, 5.74) is 5.00. The van der Waals surface area contributed by atoms with Crippen LogP contribution in [0.3, 0.4) is 0 Å². The molecule has 0 radical (unpaired) electrons. The Morgan fingerprint density at radius 2 is 1.58 bits per heavy atom. The first kappa shape index (κ1) is 21.3. The van der Waals surface area contributed by atoms with E-state index in [1.807, 2.05) is 0 Å². The van der Waals surface area contributed by atoms with Crippen LogP contribution in [0.5, 0.6) is 0 Å².